The molecule has 0 amide bonds. The first-order valence-electron chi connectivity index (χ1n) is 7.25. The Bertz CT molecular complexity index is 350. The summed E-state index contributed by atoms with van der Waals surface area (Å²) >= 11 is 5.38. The molecule has 2 rings (SSSR count). The number of rotatable bonds is 5. The van der Waals surface area contributed by atoms with Gasteiger partial charge in [0, 0.05) is 17.5 Å². The maximum absolute atomic E-state index is 3.76. The largest absolute Gasteiger partial charge is 0.314 e. The summed E-state index contributed by atoms with van der Waals surface area (Å²) in [5, 5.41) is 3.76. The average Bonchev–Trinajstić information content (AvgIpc) is 2.65. The Morgan fingerprint density at radius 2 is 2.17 bits per heavy atom. The number of halogens is 1. The molecule has 0 radical (unpaired) electrons. The van der Waals surface area contributed by atoms with Crippen molar-refractivity contribution in [2.24, 2.45) is 5.92 Å². The van der Waals surface area contributed by atoms with Crippen molar-refractivity contribution in [1.29, 1.82) is 0 Å². The van der Waals surface area contributed by atoms with E-state index in [2.05, 4.69) is 40.3 Å². The van der Waals surface area contributed by atoms with Crippen molar-refractivity contribution < 1.29 is 0 Å². The van der Waals surface area contributed by atoms with Gasteiger partial charge < -0.3 is 5.32 Å². The van der Waals surface area contributed by atoms with E-state index in [1.54, 1.807) is 0 Å². The zero-order valence-corrected chi connectivity index (χ0v) is 13.7. The minimum absolute atomic E-state index is 0.768. The Balaban J connectivity index is 1.67. The molecule has 0 spiro atoms. The molecule has 1 nitrogen and oxygen atoms in total. The normalized spacial score (nSPS) is 25.0. The molecular weight excluding hydrogens is 306 g/mol. The first-order valence-corrected chi connectivity index (χ1v) is 8.86. The van der Waals surface area contributed by atoms with Gasteiger partial charge in [-0.2, -0.15) is 0 Å². The van der Waals surface area contributed by atoms with E-state index in [9.17, 15) is 0 Å². The molecular formula is C15H24BrNS. The first kappa shape index (κ1) is 14.5. The first-order chi connectivity index (χ1) is 8.78. The number of hydrogen-bond acceptors (Lipinski definition) is 2. The molecule has 102 valence electrons. The van der Waals surface area contributed by atoms with Gasteiger partial charge in [0.2, 0.25) is 0 Å². The fourth-order valence-electron chi connectivity index (χ4n) is 2.88. The molecule has 18 heavy (non-hydrogen) atoms. The van der Waals surface area contributed by atoms with Crippen LogP contribution < -0.4 is 5.32 Å². The van der Waals surface area contributed by atoms with Crippen molar-refractivity contribution in [2.75, 3.05) is 6.54 Å². The lowest BCUT2D eigenvalue weighted by Crippen LogP contribution is -2.30. The summed E-state index contributed by atoms with van der Waals surface area (Å²) in [6.45, 7) is 3.47. The summed E-state index contributed by atoms with van der Waals surface area (Å²) < 4.78 is 1.25. The highest BCUT2D eigenvalue weighted by molar-refractivity contribution is 9.11. The van der Waals surface area contributed by atoms with E-state index < -0.39 is 0 Å². The molecule has 1 fully saturated rings. The standard InChI is InChI=1S/C15H24BrNS/c1-2-12-4-3-5-13(7-6-12)17-11-10-14-8-9-15(16)18-14/h8-9,12-13,17H,2-7,10-11H2,1H3. The Labute approximate surface area is 123 Å². The van der Waals surface area contributed by atoms with Crippen LogP contribution in [0.2, 0.25) is 0 Å². The molecule has 2 unspecified atom stereocenters. The second-order valence-electron chi connectivity index (χ2n) is 5.39. The van der Waals surface area contributed by atoms with Crippen LogP contribution >= 0.6 is 27.3 Å². The molecule has 1 aromatic heterocycles. The molecule has 1 N–H and O–H groups in total. The summed E-state index contributed by atoms with van der Waals surface area (Å²) in [6, 6.07) is 5.15. The highest BCUT2D eigenvalue weighted by Gasteiger charge is 2.16. The summed E-state index contributed by atoms with van der Waals surface area (Å²) in [4.78, 5) is 1.48. The number of hydrogen-bond donors (Lipinski definition) is 1. The van der Waals surface area contributed by atoms with Gasteiger partial charge in [0.25, 0.3) is 0 Å². The third-order valence-electron chi connectivity index (χ3n) is 4.10. The van der Waals surface area contributed by atoms with Crippen LogP contribution in [-0.2, 0) is 6.42 Å². The van der Waals surface area contributed by atoms with Crippen molar-refractivity contribution in [3.05, 3.63) is 20.8 Å². The van der Waals surface area contributed by atoms with E-state index in [4.69, 9.17) is 0 Å². The molecule has 1 aliphatic carbocycles. The Kier molecular flexibility index (Phi) is 6.19. The van der Waals surface area contributed by atoms with Crippen LogP contribution in [0.5, 0.6) is 0 Å². The Morgan fingerprint density at radius 1 is 1.28 bits per heavy atom. The zero-order chi connectivity index (χ0) is 12.8. The monoisotopic (exact) mass is 329 g/mol. The lowest BCUT2D eigenvalue weighted by Gasteiger charge is -2.16. The van der Waals surface area contributed by atoms with E-state index in [0.29, 0.717) is 0 Å². The van der Waals surface area contributed by atoms with E-state index in [1.165, 1.54) is 53.6 Å². The van der Waals surface area contributed by atoms with E-state index in [-0.39, 0.29) is 0 Å². The quantitative estimate of drug-likeness (QED) is 0.749. The smallest absolute Gasteiger partial charge is 0.0701 e. The summed E-state index contributed by atoms with van der Waals surface area (Å²) in [5.41, 5.74) is 0. The predicted octanol–water partition coefficient (Wildman–Crippen LogP) is 5.00. The summed E-state index contributed by atoms with van der Waals surface area (Å²) in [6.07, 6.45) is 9.60. The predicted molar refractivity (Wildman–Crippen MR) is 84.4 cm³/mol. The minimum atomic E-state index is 0.768. The van der Waals surface area contributed by atoms with Gasteiger partial charge in [0.1, 0.15) is 0 Å². The highest BCUT2D eigenvalue weighted by Crippen LogP contribution is 2.26. The van der Waals surface area contributed by atoms with E-state index in [0.717, 1.165) is 18.5 Å². The molecule has 1 saturated carbocycles. The van der Waals surface area contributed by atoms with Gasteiger partial charge in [0.15, 0.2) is 0 Å². The van der Waals surface area contributed by atoms with Crippen LogP contribution in [0.3, 0.4) is 0 Å². The molecule has 0 aromatic carbocycles. The Morgan fingerprint density at radius 3 is 2.89 bits per heavy atom. The van der Waals surface area contributed by atoms with Gasteiger partial charge in [-0.1, -0.05) is 26.2 Å². The lowest BCUT2D eigenvalue weighted by molar-refractivity contribution is 0.427. The lowest BCUT2D eigenvalue weighted by atomic mass is 9.98. The molecule has 0 bridgehead atoms. The van der Waals surface area contributed by atoms with E-state index >= 15 is 0 Å². The van der Waals surface area contributed by atoms with Crippen LogP contribution in [0, 0.1) is 5.92 Å². The van der Waals surface area contributed by atoms with Crippen molar-refractivity contribution >= 4 is 27.3 Å². The fourth-order valence-corrected chi connectivity index (χ4v) is 4.36. The van der Waals surface area contributed by atoms with Gasteiger partial charge in [-0.05, 0) is 59.7 Å². The van der Waals surface area contributed by atoms with Gasteiger partial charge >= 0.3 is 0 Å². The summed E-state index contributed by atoms with van der Waals surface area (Å²) in [5.74, 6) is 0.991. The molecule has 3 heteroatoms. The van der Waals surface area contributed by atoms with Gasteiger partial charge in [-0.3, -0.25) is 0 Å². The van der Waals surface area contributed by atoms with Crippen molar-refractivity contribution in [3.8, 4) is 0 Å². The zero-order valence-electron chi connectivity index (χ0n) is 11.3. The fraction of sp³-hybridized carbons (Fsp3) is 0.733. The third-order valence-corrected chi connectivity index (χ3v) is 5.78. The van der Waals surface area contributed by atoms with Gasteiger partial charge in [-0.15, -0.1) is 11.3 Å². The number of nitrogens with one attached hydrogen (secondary N) is 1. The maximum atomic E-state index is 3.76. The van der Waals surface area contributed by atoms with E-state index in [1.807, 2.05) is 11.3 Å². The van der Waals surface area contributed by atoms with Crippen molar-refractivity contribution in [2.45, 2.75) is 57.9 Å². The topological polar surface area (TPSA) is 12.0 Å². The third kappa shape index (κ3) is 4.67. The molecule has 1 aliphatic rings. The second kappa shape index (κ2) is 7.66. The minimum Gasteiger partial charge on any atom is -0.314 e. The van der Waals surface area contributed by atoms with Crippen LogP contribution in [0.25, 0.3) is 0 Å². The molecule has 1 heterocycles. The highest BCUT2D eigenvalue weighted by atomic mass is 79.9. The molecule has 2 atom stereocenters. The summed E-state index contributed by atoms with van der Waals surface area (Å²) in [7, 11) is 0. The van der Waals surface area contributed by atoms with Crippen LogP contribution in [-0.4, -0.2) is 12.6 Å². The van der Waals surface area contributed by atoms with Crippen LogP contribution in [0.4, 0.5) is 0 Å². The second-order valence-corrected chi connectivity index (χ2v) is 7.94. The van der Waals surface area contributed by atoms with Crippen LogP contribution in [0.1, 0.15) is 50.3 Å². The van der Waals surface area contributed by atoms with Crippen LogP contribution in [0.15, 0.2) is 15.9 Å². The van der Waals surface area contributed by atoms with Crippen molar-refractivity contribution in [3.63, 3.8) is 0 Å². The molecule has 0 saturated heterocycles. The average molecular weight is 330 g/mol. The molecule has 1 aromatic rings. The maximum Gasteiger partial charge on any atom is 0.0701 e. The SMILES string of the molecule is CCC1CCCC(NCCc2ccc(Br)s2)CC1. The Hall–Kier alpha value is 0.140. The van der Waals surface area contributed by atoms with Crippen molar-refractivity contribution in [1.82, 2.24) is 5.32 Å². The number of thiophene rings is 1. The van der Waals surface area contributed by atoms with Gasteiger partial charge in [0.05, 0.1) is 3.79 Å². The molecule has 0 aliphatic heterocycles. The van der Waals surface area contributed by atoms with Gasteiger partial charge in [-0.25, -0.2) is 0 Å².